The van der Waals surface area contributed by atoms with E-state index in [2.05, 4.69) is 4.72 Å². The van der Waals surface area contributed by atoms with Gasteiger partial charge >= 0.3 is 5.97 Å². The number of thiophene rings is 1. The van der Waals surface area contributed by atoms with Crippen molar-refractivity contribution >= 4 is 50.9 Å². The van der Waals surface area contributed by atoms with Gasteiger partial charge < -0.3 is 10.2 Å². The fourth-order valence-electron chi connectivity index (χ4n) is 2.03. The Balaban J connectivity index is 2.56. The van der Waals surface area contributed by atoms with Gasteiger partial charge in [0.2, 0.25) is 0 Å². The van der Waals surface area contributed by atoms with Crippen LogP contribution in [0.15, 0.2) is 38.8 Å². The predicted octanol–water partition coefficient (Wildman–Crippen LogP) is 3.38. The lowest BCUT2D eigenvalue weighted by Crippen LogP contribution is -2.12. The van der Waals surface area contributed by atoms with Crippen LogP contribution < -0.4 is 4.72 Å². The van der Waals surface area contributed by atoms with Gasteiger partial charge in [-0.25, -0.2) is 13.2 Å². The average Bonchev–Trinajstić information content (AvgIpc) is 3.04. The lowest BCUT2D eigenvalue weighted by atomic mass is 10.1. The number of hydrogen-bond acceptors (Lipinski definition) is 6. The molecule has 0 aliphatic heterocycles. The molecule has 0 aliphatic carbocycles. The number of carbonyl (C=O) groups is 1. The van der Waals surface area contributed by atoms with Gasteiger partial charge in [0, 0.05) is 16.5 Å². The quantitative estimate of drug-likeness (QED) is 0.400. The summed E-state index contributed by atoms with van der Waals surface area (Å²) in [7, 11) is -3.75. The van der Waals surface area contributed by atoms with Crippen molar-refractivity contribution in [1.29, 1.82) is 0 Å². The minimum absolute atomic E-state index is 0.0871. The van der Waals surface area contributed by atoms with E-state index in [4.69, 9.17) is 5.11 Å². The second-order valence-corrected chi connectivity index (χ2v) is 8.42. The highest BCUT2D eigenvalue weighted by Gasteiger charge is 2.20. The second-order valence-electron chi connectivity index (χ2n) is 4.75. The van der Waals surface area contributed by atoms with E-state index in [9.17, 15) is 18.3 Å². The first-order valence-corrected chi connectivity index (χ1v) is 10.2. The smallest absolute Gasteiger partial charge is 0.328 e. The Hall–Kier alpha value is -1.97. The summed E-state index contributed by atoms with van der Waals surface area (Å²) in [5.74, 6) is -1.25. The van der Waals surface area contributed by atoms with Crippen LogP contribution in [0.4, 0.5) is 5.69 Å². The van der Waals surface area contributed by atoms with E-state index >= 15 is 0 Å². The summed E-state index contributed by atoms with van der Waals surface area (Å²) >= 11 is 2.30. The number of anilines is 1. The highest BCUT2D eigenvalue weighted by atomic mass is 32.2. The van der Waals surface area contributed by atoms with Gasteiger partial charge in [0.15, 0.2) is 0 Å². The van der Waals surface area contributed by atoms with E-state index in [1.54, 1.807) is 24.6 Å². The highest BCUT2D eigenvalue weighted by Crippen LogP contribution is 2.39. The lowest BCUT2D eigenvalue weighted by Gasteiger charge is -2.16. The zero-order valence-electron chi connectivity index (χ0n) is 12.8. The first-order valence-electron chi connectivity index (χ1n) is 6.64. The summed E-state index contributed by atoms with van der Waals surface area (Å²) in [5.41, 5.74) is 0.978. The van der Waals surface area contributed by atoms with E-state index < -0.39 is 16.0 Å². The highest BCUT2D eigenvalue weighted by molar-refractivity contribution is 7.99. The van der Waals surface area contributed by atoms with Gasteiger partial charge in [-0.1, -0.05) is 6.07 Å². The third kappa shape index (κ3) is 3.92. The monoisotopic (exact) mass is 385 g/mol. The van der Waals surface area contributed by atoms with E-state index in [-0.39, 0.29) is 21.2 Å². The Labute approximate surface area is 147 Å². The van der Waals surface area contributed by atoms with Crippen LogP contribution in [0.1, 0.15) is 11.1 Å². The van der Waals surface area contributed by atoms with Gasteiger partial charge in [-0.05, 0) is 42.3 Å². The standard InChI is InChI=1S/C15H15NO5S3/c1-9-8-11(16-24(20,21)13-4-3-7-23-13)15(22-2)10(14(9)19)5-6-12(17)18/h3-8,16,19H,1-2H3,(H,17,18)/b6-5+. The molecule has 6 nitrogen and oxygen atoms in total. The van der Waals surface area contributed by atoms with Gasteiger partial charge in [0.1, 0.15) is 9.96 Å². The number of aromatic hydroxyl groups is 1. The molecule has 0 aliphatic rings. The fraction of sp³-hybridized carbons (Fsp3) is 0.133. The molecule has 0 amide bonds. The van der Waals surface area contributed by atoms with Crippen molar-refractivity contribution in [1.82, 2.24) is 0 Å². The van der Waals surface area contributed by atoms with Crippen LogP contribution in [-0.2, 0) is 14.8 Å². The number of thioether (sulfide) groups is 1. The number of benzene rings is 1. The molecular weight excluding hydrogens is 370 g/mol. The molecular formula is C15H15NO5S3. The SMILES string of the molecule is CSc1c(NS(=O)(=O)c2cccs2)cc(C)c(O)c1/C=C/C(=O)O. The molecule has 9 heteroatoms. The van der Waals surface area contributed by atoms with Crippen molar-refractivity contribution in [2.75, 3.05) is 11.0 Å². The average molecular weight is 385 g/mol. The zero-order valence-corrected chi connectivity index (χ0v) is 15.3. The Morgan fingerprint density at radius 1 is 1.42 bits per heavy atom. The van der Waals surface area contributed by atoms with Gasteiger partial charge in [-0.3, -0.25) is 4.72 Å². The molecule has 1 aromatic heterocycles. The molecule has 1 aromatic carbocycles. The van der Waals surface area contributed by atoms with Crippen molar-refractivity contribution < 1.29 is 23.4 Å². The number of sulfonamides is 1. The van der Waals surface area contributed by atoms with E-state index in [1.807, 2.05) is 0 Å². The number of carboxylic acid groups (broad SMARTS) is 1. The number of hydrogen-bond donors (Lipinski definition) is 3. The van der Waals surface area contributed by atoms with Crippen LogP contribution in [0, 0.1) is 6.92 Å². The van der Waals surface area contributed by atoms with E-state index in [0.717, 1.165) is 17.4 Å². The molecule has 0 radical (unpaired) electrons. The first kappa shape index (κ1) is 18.4. The number of aryl methyl sites for hydroxylation is 1. The minimum atomic E-state index is -3.75. The number of nitrogens with one attached hydrogen (secondary N) is 1. The molecule has 128 valence electrons. The first-order chi connectivity index (χ1) is 11.3. The summed E-state index contributed by atoms with van der Waals surface area (Å²) in [6.07, 6.45) is 3.86. The van der Waals surface area contributed by atoms with Crippen LogP contribution in [0.2, 0.25) is 0 Å². The number of phenolic OH excluding ortho intramolecular Hbond substituents is 1. The molecule has 0 bridgehead atoms. The fourth-order valence-corrected chi connectivity index (χ4v) is 4.87. The number of aliphatic carboxylic acids is 1. The van der Waals surface area contributed by atoms with Crippen molar-refractivity contribution in [2.45, 2.75) is 16.0 Å². The lowest BCUT2D eigenvalue weighted by molar-refractivity contribution is -0.131. The summed E-state index contributed by atoms with van der Waals surface area (Å²) in [5, 5.41) is 20.7. The molecule has 2 rings (SSSR count). The van der Waals surface area contributed by atoms with Crippen molar-refractivity contribution in [3.8, 4) is 5.75 Å². The molecule has 0 saturated heterocycles. The largest absolute Gasteiger partial charge is 0.507 e. The van der Waals surface area contributed by atoms with Crippen molar-refractivity contribution in [3.63, 3.8) is 0 Å². The van der Waals surface area contributed by atoms with Gasteiger partial charge in [-0.15, -0.1) is 23.1 Å². The maximum Gasteiger partial charge on any atom is 0.328 e. The summed E-state index contributed by atoms with van der Waals surface area (Å²) in [6.45, 7) is 1.61. The van der Waals surface area contributed by atoms with Crippen LogP contribution in [0.5, 0.6) is 5.75 Å². The summed E-state index contributed by atoms with van der Waals surface area (Å²) in [6, 6.07) is 4.65. The topological polar surface area (TPSA) is 104 Å². The summed E-state index contributed by atoms with van der Waals surface area (Å²) in [4.78, 5) is 11.2. The van der Waals surface area contributed by atoms with Gasteiger partial charge in [-0.2, -0.15) is 0 Å². The summed E-state index contributed by atoms with van der Waals surface area (Å²) < 4.78 is 27.5. The van der Waals surface area contributed by atoms with Crippen molar-refractivity contribution in [2.24, 2.45) is 0 Å². The molecule has 0 unspecified atom stereocenters. The predicted molar refractivity (Wildman–Crippen MR) is 96.4 cm³/mol. The third-order valence-corrected chi connectivity index (χ3v) is 6.69. The van der Waals surface area contributed by atoms with Crippen LogP contribution in [0.25, 0.3) is 6.08 Å². The molecule has 0 fully saturated rings. The molecule has 0 saturated carbocycles. The minimum Gasteiger partial charge on any atom is -0.507 e. The Kier molecular flexibility index (Phi) is 5.58. The van der Waals surface area contributed by atoms with Crippen LogP contribution >= 0.6 is 23.1 Å². The van der Waals surface area contributed by atoms with Crippen molar-refractivity contribution in [3.05, 3.63) is 40.8 Å². The van der Waals surface area contributed by atoms with Crippen LogP contribution in [-0.4, -0.2) is 30.9 Å². The molecule has 2 aromatic rings. The molecule has 24 heavy (non-hydrogen) atoms. The molecule has 3 N–H and O–H groups in total. The van der Waals surface area contributed by atoms with Crippen LogP contribution in [0.3, 0.4) is 0 Å². The third-order valence-electron chi connectivity index (χ3n) is 3.08. The number of carboxylic acids is 1. The maximum atomic E-state index is 12.4. The normalized spacial score (nSPS) is 11.8. The van der Waals surface area contributed by atoms with Gasteiger partial charge in [0.25, 0.3) is 10.0 Å². The van der Waals surface area contributed by atoms with E-state index in [0.29, 0.717) is 10.5 Å². The Bertz CT molecular complexity index is 886. The zero-order chi connectivity index (χ0) is 17.9. The molecule has 1 heterocycles. The number of phenols is 1. The molecule has 0 atom stereocenters. The van der Waals surface area contributed by atoms with Gasteiger partial charge in [0.05, 0.1) is 5.69 Å². The Morgan fingerprint density at radius 3 is 2.67 bits per heavy atom. The van der Waals surface area contributed by atoms with E-state index in [1.165, 1.54) is 30.0 Å². The molecule has 0 spiro atoms. The maximum absolute atomic E-state index is 12.4. The Morgan fingerprint density at radius 2 is 2.12 bits per heavy atom. The number of rotatable bonds is 6. The second kappa shape index (κ2) is 7.29.